The number of nitro groups is 1. The predicted octanol–water partition coefficient (Wildman–Crippen LogP) is 3.87. The van der Waals surface area contributed by atoms with Crippen LogP contribution in [0.15, 0.2) is 52.1 Å². The lowest BCUT2D eigenvalue weighted by Crippen LogP contribution is -2.36. The molecule has 3 aromatic rings. The van der Waals surface area contributed by atoms with E-state index in [2.05, 4.69) is 20.4 Å². The van der Waals surface area contributed by atoms with Crippen molar-refractivity contribution in [2.24, 2.45) is 0 Å². The number of thioether (sulfide) groups is 1. The van der Waals surface area contributed by atoms with Gasteiger partial charge in [0.25, 0.3) is 16.8 Å². The number of anilines is 2. The normalized spacial score (nSPS) is 13.7. The molecule has 4 rings (SSSR count). The van der Waals surface area contributed by atoms with E-state index in [0.29, 0.717) is 23.9 Å². The lowest BCUT2D eigenvalue weighted by Gasteiger charge is -2.30. The van der Waals surface area contributed by atoms with Crippen molar-refractivity contribution in [1.29, 1.82) is 0 Å². The summed E-state index contributed by atoms with van der Waals surface area (Å²) in [6.45, 7) is 2.67. The second kappa shape index (κ2) is 9.98. The van der Waals surface area contributed by atoms with Crippen LogP contribution in [-0.4, -0.2) is 53.1 Å². The van der Waals surface area contributed by atoms with Gasteiger partial charge in [-0.1, -0.05) is 35.5 Å². The molecule has 12 heteroatoms. The number of amides is 1. The summed E-state index contributed by atoms with van der Waals surface area (Å²) in [7, 11) is 0. The van der Waals surface area contributed by atoms with E-state index in [1.807, 2.05) is 6.07 Å². The first-order valence-electron chi connectivity index (χ1n) is 9.63. The highest BCUT2D eigenvalue weighted by molar-refractivity contribution is 7.99. The number of benzene rings is 2. The van der Waals surface area contributed by atoms with E-state index < -0.39 is 4.92 Å². The summed E-state index contributed by atoms with van der Waals surface area (Å²) >= 11 is 7.16. The maximum Gasteiger partial charge on any atom is 0.282 e. The number of ether oxygens (including phenoxy) is 1. The molecule has 1 N–H and O–H groups in total. The third-order valence-electron chi connectivity index (χ3n) is 4.65. The van der Waals surface area contributed by atoms with E-state index >= 15 is 0 Å². The van der Waals surface area contributed by atoms with Crippen molar-refractivity contribution in [2.75, 3.05) is 42.3 Å². The number of aromatic nitrogens is 2. The fourth-order valence-corrected chi connectivity index (χ4v) is 3.93. The van der Waals surface area contributed by atoms with Crippen LogP contribution in [0.1, 0.15) is 0 Å². The molecule has 0 aliphatic carbocycles. The van der Waals surface area contributed by atoms with Gasteiger partial charge in [0.1, 0.15) is 5.56 Å². The molecule has 10 nitrogen and oxygen atoms in total. The van der Waals surface area contributed by atoms with Gasteiger partial charge >= 0.3 is 0 Å². The van der Waals surface area contributed by atoms with Gasteiger partial charge in [-0.05, 0) is 24.3 Å². The Balaban J connectivity index is 1.42. The van der Waals surface area contributed by atoms with Gasteiger partial charge in [0, 0.05) is 24.2 Å². The maximum atomic E-state index is 12.6. The molecular formula is C20H18ClN5O5S. The largest absolute Gasteiger partial charge is 0.411 e. The molecule has 2 aromatic carbocycles. The van der Waals surface area contributed by atoms with Crippen LogP contribution in [0.2, 0.25) is 5.02 Å². The molecular weight excluding hydrogens is 458 g/mol. The van der Waals surface area contributed by atoms with Crippen LogP contribution in [0.4, 0.5) is 17.1 Å². The quantitative estimate of drug-likeness (QED) is 0.308. The molecule has 1 saturated heterocycles. The molecule has 0 radical (unpaired) electrons. The third-order valence-corrected chi connectivity index (χ3v) is 5.70. The molecule has 0 bridgehead atoms. The summed E-state index contributed by atoms with van der Waals surface area (Å²) in [6.07, 6.45) is 0. The topological polar surface area (TPSA) is 124 Å². The molecule has 166 valence electrons. The fourth-order valence-electron chi connectivity index (χ4n) is 3.19. The number of morpholine rings is 1. The number of nitrogens with zero attached hydrogens (tertiary/aromatic N) is 4. The van der Waals surface area contributed by atoms with Crippen LogP contribution >= 0.6 is 23.4 Å². The van der Waals surface area contributed by atoms with E-state index in [0.717, 1.165) is 30.5 Å². The molecule has 2 heterocycles. The van der Waals surface area contributed by atoms with E-state index in [9.17, 15) is 14.9 Å². The minimum Gasteiger partial charge on any atom is -0.411 e. The lowest BCUT2D eigenvalue weighted by atomic mass is 10.2. The first-order chi connectivity index (χ1) is 15.5. The number of nitro benzene ring substituents is 1. The highest BCUT2D eigenvalue weighted by atomic mass is 35.5. The Morgan fingerprint density at radius 3 is 2.78 bits per heavy atom. The molecule has 1 aliphatic heterocycles. The van der Waals surface area contributed by atoms with Gasteiger partial charge in [0.15, 0.2) is 0 Å². The van der Waals surface area contributed by atoms with Crippen molar-refractivity contribution >= 4 is 46.3 Å². The highest BCUT2D eigenvalue weighted by Gasteiger charge is 2.21. The highest BCUT2D eigenvalue weighted by Crippen LogP contribution is 2.32. The van der Waals surface area contributed by atoms with Gasteiger partial charge in [0.05, 0.1) is 35.3 Å². The summed E-state index contributed by atoms with van der Waals surface area (Å²) < 4.78 is 10.9. The zero-order valence-electron chi connectivity index (χ0n) is 16.7. The summed E-state index contributed by atoms with van der Waals surface area (Å²) in [4.78, 5) is 25.4. The number of para-hydroxylation sites is 1. The molecule has 1 fully saturated rings. The average Bonchev–Trinajstić information content (AvgIpc) is 3.27. The lowest BCUT2D eigenvalue weighted by molar-refractivity contribution is -0.384. The summed E-state index contributed by atoms with van der Waals surface area (Å²) in [6, 6.07) is 11.4. The van der Waals surface area contributed by atoms with E-state index in [4.69, 9.17) is 20.8 Å². The minimum absolute atomic E-state index is 0.00752. The number of carbonyl (C=O) groups is 1. The van der Waals surface area contributed by atoms with E-state index in [1.54, 1.807) is 24.3 Å². The fraction of sp³-hybridized carbons (Fsp3) is 0.250. The Morgan fingerprint density at radius 1 is 1.22 bits per heavy atom. The van der Waals surface area contributed by atoms with Gasteiger partial charge in [-0.3, -0.25) is 14.9 Å². The van der Waals surface area contributed by atoms with E-state index in [-0.39, 0.29) is 34.0 Å². The van der Waals surface area contributed by atoms with Crippen LogP contribution < -0.4 is 10.2 Å². The monoisotopic (exact) mass is 475 g/mol. The van der Waals surface area contributed by atoms with Gasteiger partial charge < -0.3 is 19.4 Å². The maximum absolute atomic E-state index is 12.6. The smallest absolute Gasteiger partial charge is 0.282 e. The van der Waals surface area contributed by atoms with Crippen molar-refractivity contribution in [3.05, 3.63) is 57.6 Å². The van der Waals surface area contributed by atoms with Crippen molar-refractivity contribution in [2.45, 2.75) is 5.22 Å². The molecule has 1 aliphatic rings. The zero-order chi connectivity index (χ0) is 22.5. The Labute approximate surface area is 192 Å². The van der Waals surface area contributed by atoms with Crippen LogP contribution in [0, 0.1) is 10.1 Å². The Bertz CT molecular complexity index is 1140. The first kappa shape index (κ1) is 22.1. The standard InChI is InChI=1S/C20H18ClN5O5S/c21-13-5-6-17(25-7-9-30-10-8-25)15(11-13)22-18(27)12-32-20-24-23-19(31-20)14-3-1-2-4-16(14)26(28)29/h1-6,11H,7-10,12H2,(H,22,27). The Hall–Kier alpha value is -3.15. The third kappa shape index (κ3) is 5.18. The molecule has 1 aromatic heterocycles. The van der Waals surface area contributed by atoms with Crippen molar-refractivity contribution in [1.82, 2.24) is 10.2 Å². The molecule has 1 amide bonds. The second-order valence-electron chi connectivity index (χ2n) is 6.75. The number of rotatable bonds is 7. The van der Waals surface area contributed by atoms with Gasteiger partial charge in [-0.2, -0.15) is 0 Å². The van der Waals surface area contributed by atoms with Crippen LogP contribution in [-0.2, 0) is 9.53 Å². The van der Waals surface area contributed by atoms with E-state index in [1.165, 1.54) is 12.1 Å². The van der Waals surface area contributed by atoms with Crippen molar-refractivity contribution < 1.29 is 18.9 Å². The number of hydrogen-bond donors (Lipinski definition) is 1. The first-order valence-corrected chi connectivity index (χ1v) is 11.0. The summed E-state index contributed by atoms with van der Waals surface area (Å²) in [5.74, 6) is -0.255. The Morgan fingerprint density at radius 2 is 2.00 bits per heavy atom. The van der Waals surface area contributed by atoms with Crippen molar-refractivity contribution in [3.8, 4) is 11.5 Å². The SMILES string of the molecule is O=C(CSc1nnc(-c2ccccc2[N+](=O)[O-])o1)Nc1cc(Cl)ccc1N1CCOCC1. The van der Waals surface area contributed by atoms with Crippen LogP contribution in [0.5, 0.6) is 0 Å². The summed E-state index contributed by atoms with van der Waals surface area (Å²) in [5.41, 5.74) is 1.56. The minimum atomic E-state index is -0.517. The second-order valence-corrected chi connectivity index (χ2v) is 8.11. The van der Waals surface area contributed by atoms with Gasteiger partial charge in [-0.15, -0.1) is 10.2 Å². The predicted molar refractivity (Wildman–Crippen MR) is 120 cm³/mol. The van der Waals surface area contributed by atoms with Crippen LogP contribution in [0.25, 0.3) is 11.5 Å². The van der Waals surface area contributed by atoms with Gasteiger partial charge in [-0.25, -0.2) is 0 Å². The number of nitrogens with one attached hydrogen (secondary N) is 1. The molecule has 32 heavy (non-hydrogen) atoms. The van der Waals surface area contributed by atoms with Crippen LogP contribution in [0.3, 0.4) is 0 Å². The summed E-state index contributed by atoms with van der Waals surface area (Å²) in [5, 5.41) is 22.5. The zero-order valence-corrected chi connectivity index (χ0v) is 18.3. The average molecular weight is 476 g/mol. The molecule has 0 saturated carbocycles. The number of halogens is 1. The van der Waals surface area contributed by atoms with Crippen molar-refractivity contribution in [3.63, 3.8) is 0 Å². The Kier molecular flexibility index (Phi) is 6.88. The van der Waals surface area contributed by atoms with Gasteiger partial charge in [0.2, 0.25) is 5.91 Å². The molecule has 0 spiro atoms. The molecule has 0 unspecified atom stereocenters. The number of carbonyl (C=O) groups excluding carboxylic acids is 1. The number of hydrogen-bond acceptors (Lipinski definition) is 9. The molecule has 0 atom stereocenters.